The summed E-state index contributed by atoms with van der Waals surface area (Å²) in [6.07, 6.45) is 0. The number of anilines is 1. The highest BCUT2D eigenvalue weighted by molar-refractivity contribution is 5.97. The second-order valence-electron chi connectivity index (χ2n) is 7.22. The van der Waals surface area contributed by atoms with E-state index >= 15 is 0 Å². The quantitative estimate of drug-likeness (QED) is 0.610. The first-order valence-electron chi connectivity index (χ1n) is 10.4. The first-order chi connectivity index (χ1) is 15.2. The third-order valence-electron chi connectivity index (χ3n) is 5.32. The summed E-state index contributed by atoms with van der Waals surface area (Å²) in [6, 6.07) is 19.1. The van der Waals surface area contributed by atoms with E-state index in [0.717, 1.165) is 22.8 Å². The minimum atomic E-state index is 0.00292. The zero-order valence-corrected chi connectivity index (χ0v) is 17.8. The number of hydrogen-bond donors (Lipinski definition) is 0. The normalized spacial score (nSPS) is 13.7. The number of ether oxygens (including phenoxy) is 2. The molecule has 1 aromatic heterocycles. The molecule has 1 aliphatic rings. The summed E-state index contributed by atoms with van der Waals surface area (Å²) in [7, 11) is 1.65. The van der Waals surface area contributed by atoms with E-state index in [1.54, 1.807) is 7.11 Å². The zero-order chi connectivity index (χ0) is 21.6. The zero-order valence-electron chi connectivity index (χ0n) is 17.8. The van der Waals surface area contributed by atoms with Crippen molar-refractivity contribution in [2.24, 2.45) is 0 Å². The van der Waals surface area contributed by atoms with Crippen molar-refractivity contribution in [3.63, 3.8) is 0 Å². The number of amides is 1. The third-order valence-corrected chi connectivity index (χ3v) is 5.32. The number of aromatic nitrogens is 2. The van der Waals surface area contributed by atoms with Crippen molar-refractivity contribution in [3.05, 3.63) is 66.2 Å². The number of hydrogen-bond acceptors (Lipinski definition) is 6. The van der Waals surface area contributed by atoms with Gasteiger partial charge in [-0.2, -0.15) is 0 Å². The number of piperazine rings is 1. The fourth-order valence-electron chi connectivity index (χ4n) is 3.66. The summed E-state index contributed by atoms with van der Waals surface area (Å²) in [6.45, 7) is 5.10. The first kappa shape index (κ1) is 20.7. The Morgan fingerprint density at radius 2 is 1.77 bits per heavy atom. The number of benzene rings is 2. The second kappa shape index (κ2) is 9.47. The SMILES string of the molecule is CCOc1ccccc1C(=O)N1CCN(c2ccc(-c3cccc(OC)c3)nn2)CC1. The molecule has 0 radical (unpaired) electrons. The van der Waals surface area contributed by atoms with Crippen LogP contribution in [-0.4, -0.2) is 60.9 Å². The predicted molar refractivity (Wildman–Crippen MR) is 120 cm³/mol. The Morgan fingerprint density at radius 3 is 2.48 bits per heavy atom. The van der Waals surface area contributed by atoms with Gasteiger partial charge in [-0.25, -0.2) is 0 Å². The summed E-state index contributed by atoms with van der Waals surface area (Å²) in [5.41, 5.74) is 2.37. The van der Waals surface area contributed by atoms with Gasteiger partial charge in [0.2, 0.25) is 0 Å². The van der Waals surface area contributed by atoms with Gasteiger partial charge in [-0.05, 0) is 43.3 Å². The molecule has 31 heavy (non-hydrogen) atoms. The van der Waals surface area contributed by atoms with Crippen LogP contribution in [0.2, 0.25) is 0 Å². The molecule has 1 aliphatic heterocycles. The molecule has 0 N–H and O–H groups in total. The van der Waals surface area contributed by atoms with Gasteiger partial charge < -0.3 is 19.3 Å². The highest BCUT2D eigenvalue weighted by atomic mass is 16.5. The largest absolute Gasteiger partial charge is 0.497 e. The minimum Gasteiger partial charge on any atom is -0.497 e. The molecule has 3 aromatic rings. The van der Waals surface area contributed by atoms with Gasteiger partial charge in [-0.15, -0.1) is 10.2 Å². The van der Waals surface area contributed by atoms with E-state index in [2.05, 4.69) is 15.1 Å². The lowest BCUT2D eigenvalue weighted by atomic mass is 10.1. The molecule has 7 heteroatoms. The number of carbonyl (C=O) groups is 1. The van der Waals surface area contributed by atoms with Crippen molar-refractivity contribution < 1.29 is 14.3 Å². The molecule has 0 atom stereocenters. The van der Waals surface area contributed by atoms with Gasteiger partial charge in [0, 0.05) is 31.7 Å². The second-order valence-corrected chi connectivity index (χ2v) is 7.22. The molecule has 1 fully saturated rings. The average Bonchev–Trinajstić information content (AvgIpc) is 2.84. The summed E-state index contributed by atoms with van der Waals surface area (Å²) in [4.78, 5) is 17.0. The molecular formula is C24H26N4O3. The van der Waals surface area contributed by atoms with E-state index in [1.165, 1.54) is 0 Å². The fourth-order valence-corrected chi connectivity index (χ4v) is 3.66. The van der Waals surface area contributed by atoms with E-state index in [-0.39, 0.29) is 5.91 Å². The Balaban J connectivity index is 1.40. The van der Waals surface area contributed by atoms with Crippen molar-refractivity contribution in [2.75, 3.05) is 44.8 Å². The van der Waals surface area contributed by atoms with Crippen molar-refractivity contribution >= 4 is 11.7 Å². The van der Waals surface area contributed by atoms with Crippen LogP contribution in [0.1, 0.15) is 17.3 Å². The Morgan fingerprint density at radius 1 is 0.968 bits per heavy atom. The van der Waals surface area contributed by atoms with Crippen LogP contribution >= 0.6 is 0 Å². The molecule has 0 spiro atoms. The molecule has 2 heterocycles. The van der Waals surface area contributed by atoms with Gasteiger partial charge in [-0.3, -0.25) is 4.79 Å². The molecule has 7 nitrogen and oxygen atoms in total. The Labute approximate surface area is 182 Å². The van der Waals surface area contributed by atoms with Gasteiger partial charge >= 0.3 is 0 Å². The number of carbonyl (C=O) groups excluding carboxylic acids is 1. The Kier molecular flexibility index (Phi) is 6.31. The molecule has 0 saturated carbocycles. The van der Waals surface area contributed by atoms with Crippen LogP contribution in [0.25, 0.3) is 11.3 Å². The molecule has 160 valence electrons. The lowest BCUT2D eigenvalue weighted by Crippen LogP contribution is -2.49. The van der Waals surface area contributed by atoms with Crippen molar-refractivity contribution in [3.8, 4) is 22.8 Å². The monoisotopic (exact) mass is 418 g/mol. The van der Waals surface area contributed by atoms with Crippen molar-refractivity contribution in [1.82, 2.24) is 15.1 Å². The summed E-state index contributed by atoms with van der Waals surface area (Å²) in [5, 5.41) is 8.80. The minimum absolute atomic E-state index is 0.00292. The summed E-state index contributed by atoms with van der Waals surface area (Å²) >= 11 is 0. The topological polar surface area (TPSA) is 67.8 Å². The van der Waals surface area contributed by atoms with E-state index in [1.807, 2.05) is 72.5 Å². The van der Waals surface area contributed by atoms with Gasteiger partial charge in [0.25, 0.3) is 5.91 Å². The molecule has 1 saturated heterocycles. The molecule has 4 rings (SSSR count). The number of rotatable bonds is 6. The van der Waals surface area contributed by atoms with Crippen LogP contribution in [0.3, 0.4) is 0 Å². The van der Waals surface area contributed by atoms with Crippen LogP contribution in [-0.2, 0) is 0 Å². The van der Waals surface area contributed by atoms with E-state index in [4.69, 9.17) is 9.47 Å². The summed E-state index contributed by atoms with van der Waals surface area (Å²) in [5.74, 6) is 2.24. The molecule has 1 amide bonds. The van der Waals surface area contributed by atoms with Crippen LogP contribution < -0.4 is 14.4 Å². The highest BCUT2D eigenvalue weighted by Crippen LogP contribution is 2.24. The van der Waals surface area contributed by atoms with Gasteiger partial charge in [0.1, 0.15) is 11.5 Å². The average molecular weight is 418 g/mol. The van der Waals surface area contributed by atoms with Crippen molar-refractivity contribution in [1.29, 1.82) is 0 Å². The van der Waals surface area contributed by atoms with E-state index < -0.39 is 0 Å². The molecule has 2 aromatic carbocycles. The molecular weight excluding hydrogens is 392 g/mol. The van der Waals surface area contributed by atoms with Gasteiger partial charge in [-0.1, -0.05) is 24.3 Å². The van der Waals surface area contributed by atoms with Crippen LogP contribution in [0.4, 0.5) is 5.82 Å². The molecule has 0 bridgehead atoms. The highest BCUT2D eigenvalue weighted by Gasteiger charge is 2.25. The van der Waals surface area contributed by atoms with Crippen LogP contribution in [0.5, 0.6) is 11.5 Å². The maximum absolute atomic E-state index is 13.0. The third kappa shape index (κ3) is 4.60. The maximum atomic E-state index is 13.0. The predicted octanol–water partition coefficient (Wildman–Crippen LogP) is 3.51. The van der Waals surface area contributed by atoms with Gasteiger partial charge in [0.15, 0.2) is 5.82 Å². The Hall–Kier alpha value is -3.61. The van der Waals surface area contributed by atoms with E-state index in [9.17, 15) is 4.79 Å². The van der Waals surface area contributed by atoms with Crippen molar-refractivity contribution in [2.45, 2.75) is 6.92 Å². The molecule has 0 unspecified atom stereocenters. The lowest BCUT2D eigenvalue weighted by Gasteiger charge is -2.35. The Bertz CT molecular complexity index is 1030. The maximum Gasteiger partial charge on any atom is 0.257 e. The molecule has 0 aliphatic carbocycles. The lowest BCUT2D eigenvalue weighted by molar-refractivity contribution is 0.0742. The number of nitrogens with zero attached hydrogens (tertiary/aromatic N) is 4. The summed E-state index contributed by atoms with van der Waals surface area (Å²) < 4.78 is 10.9. The smallest absolute Gasteiger partial charge is 0.257 e. The van der Waals surface area contributed by atoms with Crippen LogP contribution in [0.15, 0.2) is 60.7 Å². The standard InChI is InChI=1S/C24H26N4O3/c1-3-31-22-10-5-4-9-20(22)24(29)28-15-13-27(14-16-28)23-12-11-21(25-26-23)18-7-6-8-19(17-18)30-2/h4-12,17H,3,13-16H2,1-2H3. The van der Waals surface area contributed by atoms with E-state index in [0.29, 0.717) is 44.1 Å². The first-order valence-corrected chi connectivity index (χ1v) is 10.4. The number of methoxy groups -OCH3 is 1. The van der Waals surface area contributed by atoms with Crippen LogP contribution in [0, 0.1) is 0 Å². The van der Waals surface area contributed by atoms with Gasteiger partial charge in [0.05, 0.1) is 25.0 Å². The fraction of sp³-hybridized carbons (Fsp3) is 0.292. The number of para-hydroxylation sites is 1.